The highest BCUT2D eigenvalue weighted by Crippen LogP contribution is 2.09. The van der Waals surface area contributed by atoms with Crippen LogP contribution in [0.25, 0.3) is 11.2 Å². The smallest absolute Gasteiger partial charge is 0.330 e. The number of aromatic nitrogens is 4. The summed E-state index contributed by atoms with van der Waals surface area (Å²) in [5.41, 5.74) is 0.598. The second kappa shape index (κ2) is 5.37. The first-order chi connectivity index (χ1) is 10.2. The molecule has 0 saturated heterocycles. The zero-order valence-corrected chi connectivity index (χ0v) is 11.2. The molecule has 0 radical (unpaired) electrons. The molecule has 2 N–H and O–H groups in total. The molecule has 3 aromatic rings. The second-order valence-corrected chi connectivity index (χ2v) is 4.66. The monoisotopic (exact) mass is 286 g/mol. The fourth-order valence-corrected chi connectivity index (χ4v) is 2.33. The van der Waals surface area contributed by atoms with Crippen molar-refractivity contribution in [3.8, 4) is 0 Å². The Morgan fingerprint density at radius 2 is 1.95 bits per heavy atom. The fourth-order valence-electron chi connectivity index (χ4n) is 2.33. The topological polar surface area (TPSA) is 92.9 Å². The minimum Gasteiger partial charge on any atom is -0.395 e. The minimum atomic E-state index is -0.563. The predicted molar refractivity (Wildman–Crippen MR) is 77.2 cm³/mol. The normalized spacial score (nSPS) is 11.1. The maximum atomic E-state index is 12.0. The first-order valence-electron chi connectivity index (χ1n) is 6.53. The van der Waals surface area contributed by atoms with Gasteiger partial charge in [-0.15, -0.1) is 0 Å². The highest BCUT2D eigenvalue weighted by Gasteiger charge is 2.13. The molecule has 0 aliphatic carbocycles. The van der Waals surface area contributed by atoms with E-state index in [1.54, 1.807) is 4.57 Å². The molecule has 7 nitrogen and oxygen atoms in total. The zero-order valence-electron chi connectivity index (χ0n) is 11.2. The van der Waals surface area contributed by atoms with Crippen LogP contribution in [0.2, 0.25) is 0 Å². The van der Waals surface area contributed by atoms with E-state index in [0.717, 1.165) is 5.56 Å². The van der Waals surface area contributed by atoms with Crippen LogP contribution in [0.3, 0.4) is 0 Å². The number of nitrogens with zero attached hydrogens (tertiary/aromatic N) is 3. The molecule has 0 aliphatic heterocycles. The van der Waals surface area contributed by atoms with Gasteiger partial charge >= 0.3 is 5.69 Å². The summed E-state index contributed by atoms with van der Waals surface area (Å²) >= 11 is 0. The van der Waals surface area contributed by atoms with Crippen LogP contribution in [0.1, 0.15) is 5.56 Å². The van der Waals surface area contributed by atoms with Crippen LogP contribution < -0.4 is 11.2 Å². The lowest BCUT2D eigenvalue weighted by molar-refractivity contribution is 0.275. The van der Waals surface area contributed by atoms with Gasteiger partial charge in [-0.05, 0) is 5.56 Å². The third kappa shape index (κ3) is 2.38. The number of H-pyrrole nitrogens is 1. The van der Waals surface area contributed by atoms with Gasteiger partial charge in [-0.1, -0.05) is 30.3 Å². The first kappa shape index (κ1) is 13.3. The number of nitrogens with one attached hydrogen (secondary N) is 1. The number of aliphatic hydroxyl groups is 1. The summed E-state index contributed by atoms with van der Waals surface area (Å²) < 4.78 is 2.95. The van der Waals surface area contributed by atoms with Gasteiger partial charge in [-0.2, -0.15) is 0 Å². The van der Waals surface area contributed by atoms with Crippen LogP contribution in [0.5, 0.6) is 0 Å². The van der Waals surface area contributed by atoms with Crippen LogP contribution in [-0.2, 0) is 13.1 Å². The lowest BCUT2D eigenvalue weighted by atomic mass is 10.2. The molecule has 3 rings (SSSR count). The van der Waals surface area contributed by atoms with Gasteiger partial charge in [0, 0.05) is 6.54 Å². The lowest BCUT2D eigenvalue weighted by Crippen LogP contribution is -2.32. The van der Waals surface area contributed by atoms with E-state index in [0.29, 0.717) is 12.1 Å². The number of hydrogen-bond acceptors (Lipinski definition) is 4. The van der Waals surface area contributed by atoms with E-state index in [1.807, 2.05) is 30.3 Å². The number of aliphatic hydroxyl groups excluding tert-OH is 1. The van der Waals surface area contributed by atoms with Gasteiger partial charge in [-0.3, -0.25) is 14.3 Å². The molecule has 108 valence electrons. The molecular formula is C14H14N4O3. The largest absolute Gasteiger partial charge is 0.395 e. The average molecular weight is 286 g/mol. The van der Waals surface area contributed by atoms with Crippen molar-refractivity contribution in [1.29, 1.82) is 0 Å². The Kier molecular flexibility index (Phi) is 3.41. The molecule has 21 heavy (non-hydrogen) atoms. The van der Waals surface area contributed by atoms with Crippen molar-refractivity contribution in [2.75, 3.05) is 6.61 Å². The van der Waals surface area contributed by atoms with Crippen molar-refractivity contribution in [3.05, 3.63) is 63.1 Å². The van der Waals surface area contributed by atoms with E-state index in [4.69, 9.17) is 5.11 Å². The molecule has 0 amide bonds. The van der Waals surface area contributed by atoms with Crippen molar-refractivity contribution >= 4 is 11.2 Å². The van der Waals surface area contributed by atoms with Gasteiger partial charge in [0.05, 0.1) is 19.5 Å². The summed E-state index contributed by atoms with van der Waals surface area (Å²) in [4.78, 5) is 30.2. The molecule has 0 saturated carbocycles. The molecule has 2 heterocycles. The molecule has 1 aromatic carbocycles. The van der Waals surface area contributed by atoms with E-state index in [9.17, 15) is 9.59 Å². The molecule has 0 unspecified atom stereocenters. The van der Waals surface area contributed by atoms with E-state index >= 15 is 0 Å². The van der Waals surface area contributed by atoms with E-state index in [1.165, 1.54) is 10.9 Å². The van der Waals surface area contributed by atoms with E-state index in [2.05, 4.69) is 9.97 Å². The Morgan fingerprint density at radius 3 is 2.67 bits per heavy atom. The molecule has 2 aromatic heterocycles. The number of hydrogen-bond donors (Lipinski definition) is 2. The van der Waals surface area contributed by atoms with Crippen LogP contribution in [0.15, 0.2) is 46.2 Å². The van der Waals surface area contributed by atoms with Crippen molar-refractivity contribution in [2.24, 2.45) is 0 Å². The van der Waals surface area contributed by atoms with E-state index < -0.39 is 11.2 Å². The number of rotatable bonds is 4. The molecular weight excluding hydrogens is 272 g/mol. The molecule has 0 aliphatic rings. The quantitative estimate of drug-likeness (QED) is 0.702. The molecule has 0 fully saturated rings. The molecule has 7 heteroatoms. The van der Waals surface area contributed by atoms with Crippen LogP contribution in [0, 0.1) is 0 Å². The SMILES string of the molecule is O=c1[nH]c(=O)n(CCO)c2ncn(Cc3ccccc3)c12. The van der Waals surface area contributed by atoms with Gasteiger partial charge in [0.25, 0.3) is 5.56 Å². The Bertz CT molecular complexity index is 877. The van der Waals surface area contributed by atoms with Gasteiger partial charge < -0.3 is 9.67 Å². The Hall–Kier alpha value is -2.67. The summed E-state index contributed by atoms with van der Waals surface area (Å²) in [5.74, 6) is 0. The third-order valence-electron chi connectivity index (χ3n) is 3.27. The predicted octanol–water partition coefficient (Wildman–Crippen LogP) is -0.0731. The summed E-state index contributed by atoms with van der Waals surface area (Å²) in [6.45, 7) is 0.374. The highest BCUT2D eigenvalue weighted by atomic mass is 16.3. The Morgan fingerprint density at radius 1 is 1.19 bits per heavy atom. The summed E-state index contributed by atoms with van der Waals surface area (Å²) in [7, 11) is 0. The molecule has 0 spiro atoms. The molecule has 0 atom stereocenters. The highest BCUT2D eigenvalue weighted by molar-refractivity contribution is 5.70. The summed E-state index contributed by atoms with van der Waals surface area (Å²) in [5, 5.41) is 9.03. The van der Waals surface area contributed by atoms with Crippen molar-refractivity contribution in [2.45, 2.75) is 13.1 Å². The van der Waals surface area contributed by atoms with Gasteiger partial charge in [0.2, 0.25) is 0 Å². The lowest BCUT2D eigenvalue weighted by Gasteiger charge is -2.06. The van der Waals surface area contributed by atoms with Gasteiger partial charge in [0.15, 0.2) is 11.2 Å². The van der Waals surface area contributed by atoms with Gasteiger partial charge in [0.1, 0.15) is 0 Å². The number of imidazole rings is 1. The Balaban J connectivity index is 2.16. The third-order valence-corrected chi connectivity index (χ3v) is 3.27. The van der Waals surface area contributed by atoms with Crippen LogP contribution >= 0.6 is 0 Å². The maximum absolute atomic E-state index is 12.0. The van der Waals surface area contributed by atoms with Crippen molar-refractivity contribution in [3.63, 3.8) is 0 Å². The summed E-state index contributed by atoms with van der Waals surface area (Å²) in [6, 6.07) is 9.65. The van der Waals surface area contributed by atoms with Crippen molar-refractivity contribution < 1.29 is 5.11 Å². The number of benzene rings is 1. The first-order valence-corrected chi connectivity index (χ1v) is 6.53. The Labute approximate surface area is 119 Å². The maximum Gasteiger partial charge on any atom is 0.330 e. The van der Waals surface area contributed by atoms with Crippen molar-refractivity contribution in [1.82, 2.24) is 19.1 Å². The average Bonchev–Trinajstić information content (AvgIpc) is 2.88. The minimum absolute atomic E-state index is 0.0917. The number of fused-ring (bicyclic) bond motifs is 1. The zero-order chi connectivity index (χ0) is 14.8. The van der Waals surface area contributed by atoms with Crippen LogP contribution in [-0.4, -0.2) is 30.8 Å². The second-order valence-electron chi connectivity index (χ2n) is 4.66. The summed E-state index contributed by atoms with van der Waals surface area (Å²) in [6.07, 6.45) is 1.53. The standard InChI is InChI=1S/C14H14N4O3/c19-7-6-18-12-11(13(20)16-14(18)21)17(9-15-12)8-10-4-2-1-3-5-10/h1-5,9,19H,6-8H2,(H,16,20,21). The fraction of sp³-hybridized carbons (Fsp3) is 0.214. The van der Waals surface area contributed by atoms with Gasteiger partial charge in [-0.25, -0.2) is 9.78 Å². The number of aromatic amines is 1. The molecule has 0 bridgehead atoms. The van der Waals surface area contributed by atoms with E-state index in [-0.39, 0.29) is 18.8 Å². The van der Waals surface area contributed by atoms with Crippen LogP contribution in [0.4, 0.5) is 0 Å².